The first-order valence-electron chi connectivity index (χ1n) is 13.0. The fourth-order valence-electron chi connectivity index (χ4n) is 5.64. The predicted octanol–water partition coefficient (Wildman–Crippen LogP) is 7.10. The van der Waals surface area contributed by atoms with E-state index in [1.165, 1.54) is 11.3 Å². The largest absolute Gasteiger partial charge is 0.477 e. The topological polar surface area (TPSA) is 74.7 Å². The summed E-state index contributed by atoms with van der Waals surface area (Å²) in [5.74, 6) is 0.00152. The van der Waals surface area contributed by atoms with Crippen molar-refractivity contribution in [3.05, 3.63) is 82.2 Å². The zero-order chi connectivity index (χ0) is 26.2. The Morgan fingerprint density at radius 1 is 1.00 bits per heavy atom. The van der Waals surface area contributed by atoms with Crippen molar-refractivity contribution in [3.8, 4) is 10.4 Å². The molecule has 0 radical (unpaired) electrons. The van der Waals surface area contributed by atoms with Gasteiger partial charge in [-0.2, -0.15) is 4.31 Å². The van der Waals surface area contributed by atoms with Crippen LogP contribution < -0.4 is 0 Å². The van der Waals surface area contributed by atoms with Crippen molar-refractivity contribution < 1.29 is 18.3 Å². The molecular weight excluding hydrogens is 502 g/mol. The molecule has 1 aromatic heterocycles. The summed E-state index contributed by atoms with van der Waals surface area (Å²) in [6.07, 6.45) is 4.75. The van der Waals surface area contributed by atoms with Gasteiger partial charge < -0.3 is 5.11 Å². The maximum Gasteiger partial charge on any atom is 0.346 e. The van der Waals surface area contributed by atoms with E-state index in [0.29, 0.717) is 35.2 Å². The van der Waals surface area contributed by atoms with Gasteiger partial charge in [0.05, 0.1) is 4.90 Å². The monoisotopic (exact) mass is 535 g/mol. The number of thiophene rings is 1. The van der Waals surface area contributed by atoms with Gasteiger partial charge in [-0.3, -0.25) is 0 Å². The molecule has 1 fully saturated rings. The van der Waals surface area contributed by atoms with Crippen molar-refractivity contribution in [1.82, 2.24) is 4.31 Å². The van der Waals surface area contributed by atoms with Crippen molar-refractivity contribution in [2.24, 2.45) is 11.8 Å². The third-order valence-electron chi connectivity index (χ3n) is 7.82. The van der Waals surface area contributed by atoms with E-state index in [0.717, 1.165) is 58.4 Å². The summed E-state index contributed by atoms with van der Waals surface area (Å²) in [6, 6.07) is 18.9. The van der Waals surface area contributed by atoms with E-state index in [1.807, 2.05) is 55.5 Å². The summed E-state index contributed by atoms with van der Waals surface area (Å²) < 4.78 is 28.8. The number of hydrogen-bond acceptors (Lipinski definition) is 4. The maximum absolute atomic E-state index is 13.6. The van der Waals surface area contributed by atoms with Crippen LogP contribution in [-0.2, 0) is 10.0 Å². The minimum absolute atomic E-state index is 0.268. The number of benzene rings is 2. The standard InChI is InChI=1S/C30H33NO4S2/c1-20-8-12-22(13-9-20)27-19-31(37(34,35)24-14-10-21(2)11-15-24)17-16-25(27)26-18-28(36-29(26)30(32)33)23-6-4-3-5-7-23/h3-7,10-11,14-15,18,20,22H,8-9,12-13,16-17,19H2,1-2H3,(H,32,33). The van der Waals surface area contributed by atoms with Crippen LogP contribution in [0.2, 0.25) is 0 Å². The van der Waals surface area contributed by atoms with Crippen LogP contribution in [0.15, 0.2) is 71.1 Å². The van der Waals surface area contributed by atoms with Gasteiger partial charge >= 0.3 is 5.97 Å². The molecular formula is C30H33NO4S2. The molecule has 2 aromatic carbocycles. The molecule has 194 valence electrons. The summed E-state index contributed by atoms with van der Waals surface area (Å²) in [5, 5.41) is 10.1. The highest BCUT2D eigenvalue weighted by molar-refractivity contribution is 7.89. The van der Waals surface area contributed by atoms with Gasteiger partial charge in [0, 0.05) is 23.5 Å². The first-order chi connectivity index (χ1) is 17.7. The van der Waals surface area contributed by atoms with Crippen molar-refractivity contribution in [2.75, 3.05) is 13.1 Å². The molecule has 0 spiro atoms. The molecule has 0 atom stereocenters. The Morgan fingerprint density at radius 2 is 1.68 bits per heavy atom. The minimum Gasteiger partial charge on any atom is -0.477 e. The van der Waals surface area contributed by atoms with Crippen molar-refractivity contribution in [1.29, 1.82) is 0 Å². The van der Waals surface area contributed by atoms with E-state index in [2.05, 4.69) is 6.92 Å². The summed E-state index contributed by atoms with van der Waals surface area (Å²) in [6.45, 7) is 4.88. The Bertz CT molecular complexity index is 1410. The molecule has 1 saturated carbocycles. The van der Waals surface area contributed by atoms with Gasteiger partial charge in [-0.1, -0.05) is 67.8 Å². The summed E-state index contributed by atoms with van der Waals surface area (Å²) in [5.41, 5.74) is 4.91. The lowest BCUT2D eigenvalue weighted by Gasteiger charge is -2.36. The predicted molar refractivity (Wildman–Crippen MR) is 149 cm³/mol. The van der Waals surface area contributed by atoms with Gasteiger partial charge in [-0.25, -0.2) is 13.2 Å². The second-order valence-electron chi connectivity index (χ2n) is 10.4. The number of carbonyl (C=O) groups is 1. The van der Waals surface area contributed by atoms with Gasteiger partial charge in [0.1, 0.15) is 4.88 Å². The number of rotatable bonds is 6. The van der Waals surface area contributed by atoms with Gasteiger partial charge in [0.25, 0.3) is 0 Å². The SMILES string of the molecule is Cc1ccc(S(=O)(=O)N2CCC(c3cc(-c4ccccc4)sc3C(=O)O)=C(C3CCC(C)CC3)C2)cc1. The molecule has 0 saturated heterocycles. The van der Waals surface area contributed by atoms with Crippen molar-refractivity contribution in [3.63, 3.8) is 0 Å². The third kappa shape index (κ3) is 5.31. The van der Waals surface area contributed by atoms with E-state index in [4.69, 9.17) is 0 Å². The highest BCUT2D eigenvalue weighted by Crippen LogP contribution is 2.44. The van der Waals surface area contributed by atoms with Gasteiger partial charge in [-0.15, -0.1) is 11.3 Å². The highest BCUT2D eigenvalue weighted by atomic mass is 32.2. The molecule has 1 aliphatic carbocycles. The van der Waals surface area contributed by atoms with E-state index >= 15 is 0 Å². The van der Waals surface area contributed by atoms with Gasteiger partial charge in [-0.05, 0) is 72.9 Å². The fraction of sp³-hybridized carbons (Fsp3) is 0.367. The minimum atomic E-state index is -3.65. The maximum atomic E-state index is 13.6. The lowest BCUT2D eigenvalue weighted by atomic mass is 9.75. The highest BCUT2D eigenvalue weighted by Gasteiger charge is 2.35. The van der Waals surface area contributed by atoms with E-state index in [-0.39, 0.29) is 5.92 Å². The molecule has 37 heavy (non-hydrogen) atoms. The number of sulfonamides is 1. The zero-order valence-electron chi connectivity index (χ0n) is 21.3. The Hall–Kier alpha value is -2.74. The van der Waals surface area contributed by atoms with Crippen LogP contribution in [0.3, 0.4) is 0 Å². The molecule has 7 heteroatoms. The normalized spacial score (nSPS) is 21.2. The molecule has 5 rings (SSSR count). The summed E-state index contributed by atoms with van der Waals surface area (Å²) in [7, 11) is -3.65. The van der Waals surface area contributed by atoms with Crippen LogP contribution in [0.5, 0.6) is 0 Å². The van der Waals surface area contributed by atoms with Crippen LogP contribution in [0.1, 0.15) is 59.8 Å². The number of aryl methyl sites for hydroxylation is 1. The molecule has 0 amide bonds. The second-order valence-corrected chi connectivity index (χ2v) is 13.4. The fourth-order valence-corrected chi connectivity index (χ4v) is 8.09. The summed E-state index contributed by atoms with van der Waals surface area (Å²) >= 11 is 1.30. The molecule has 2 aliphatic rings. The Morgan fingerprint density at radius 3 is 2.32 bits per heavy atom. The third-order valence-corrected chi connectivity index (χ3v) is 10.9. The van der Waals surface area contributed by atoms with Crippen molar-refractivity contribution >= 4 is 32.9 Å². The first kappa shape index (κ1) is 25.9. The average molecular weight is 536 g/mol. The van der Waals surface area contributed by atoms with Crippen LogP contribution in [0.4, 0.5) is 0 Å². The van der Waals surface area contributed by atoms with Gasteiger partial charge in [0.15, 0.2) is 0 Å². The zero-order valence-corrected chi connectivity index (χ0v) is 22.9. The number of carboxylic acid groups (broad SMARTS) is 1. The van der Waals surface area contributed by atoms with Crippen LogP contribution >= 0.6 is 11.3 Å². The van der Waals surface area contributed by atoms with Crippen molar-refractivity contribution in [2.45, 2.75) is 50.8 Å². The molecule has 1 N–H and O–H groups in total. The molecule has 5 nitrogen and oxygen atoms in total. The van der Waals surface area contributed by atoms with Crippen LogP contribution in [0, 0.1) is 18.8 Å². The lowest BCUT2D eigenvalue weighted by Crippen LogP contribution is -2.39. The molecule has 0 unspecified atom stereocenters. The number of hydrogen-bond donors (Lipinski definition) is 1. The van der Waals surface area contributed by atoms with Crippen LogP contribution in [-0.4, -0.2) is 36.9 Å². The Balaban J connectivity index is 1.58. The molecule has 3 aromatic rings. The van der Waals surface area contributed by atoms with Crippen LogP contribution in [0.25, 0.3) is 16.0 Å². The van der Waals surface area contributed by atoms with E-state index in [9.17, 15) is 18.3 Å². The Kier molecular flexibility index (Phi) is 7.39. The van der Waals surface area contributed by atoms with E-state index < -0.39 is 16.0 Å². The molecule has 1 aliphatic heterocycles. The smallest absolute Gasteiger partial charge is 0.346 e. The molecule has 0 bridgehead atoms. The number of nitrogens with zero attached hydrogens (tertiary/aromatic N) is 1. The quantitative estimate of drug-likeness (QED) is 0.365. The first-order valence-corrected chi connectivity index (χ1v) is 15.2. The molecule has 2 heterocycles. The summed E-state index contributed by atoms with van der Waals surface area (Å²) in [4.78, 5) is 13.9. The number of aromatic carboxylic acids is 1. The number of carboxylic acids is 1. The average Bonchev–Trinajstić information content (AvgIpc) is 3.35. The second kappa shape index (κ2) is 10.6. The van der Waals surface area contributed by atoms with Gasteiger partial charge in [0.2, 0.25) is 10.0 Å². The lowest BCUT2D eigenvalue weighted by molar-refractivity contribution is 0.0701. The Labute approximate surface area is 223 Å². The van der Waals surface area contributed by atoms with E-state index in [1.54, 1.807) is 16.4 Å².